The van der Waals surface area contributed by atoms with Crippen molar-refractivity contribution in [3.8, 4) is 0 Å². The van der Waals surface area contributed by atoms with Gasteiger partial charge in [0.25, 0.3) is 0 Å². The molecule has 1 heterocycles. The van der Waals surface area contributed by atoms with Crippen LogP contribution < -0.4 is 10.6 Å². The summed E-state index contributed by atoms with van der Waals surface area (Å²) in [6, 6.07) is 5.21. The van der Waals surface area contributed by atoms with Gasteiger partial charge in [-0.3, -0.25) is 9.59 Å². The lowest BCUT2D eigenvalue weighted by atomic mass is 10.0. The molecule has 0 radical (unpaired) electrons. The molecule has 1 unspecified atom stereocenters. The first kappa shape index (κ1) is 19.2. The number of hydrogen-bond acceptors (Lipinski definition) is 4. The van der Waals surface area contributed by atoms with E-state index in [2.05, 4.69) is 10.6 Å². The number of carbonyl (C=O) groups is 2. The Morgan fingerprint density at radius 3 is 2.42 bits per heavy atom. The van der Waals surface area contributed by atoms with Crippen molar-refractivity contribution in [3.05, 3.63) is 29.3 Å². The Hall–Kier alpha value is -1.60. The van der Waals surface area contributed by atoms with Gasteiger partial charge in [-0.25, -0.2) is 8.42 Å². The maximum Gasteiger partial charge on any atom is 0.242 e. The van der Waals surface area contributed by atoms with Crippen LogP contribution in [0.3, 0.4) is 0 Å². The molecule has 26 heavy (non-hydrogen) atoms. The standard InChI is InChI=1S/C18H23ClN2O4S/c19-13-6-8-14(9-7-13)26(24,25)18(10-2-3-11-18)17(23)21-15-5-1-4-12-20-16(15)22/h6-9,15H,1-5,10-12H2,(H,20,22)(H,21,23). The van der Waals surface area contributed by atoms with E-state index >= 15 is 0 Å². The molecule has 0 bridgehead atoms. The SMILES string of the molecule is O=C1NCCCCC1NC(=O)C1(S(=O)(=O)c2ccc(Cl)cc2)CCCC1. The molecule has 142 valence electrons. The number of rotatable bonds is 4. The second-order valence-corrected chi connectivity index (χ2v) is 9.67. The van der Waals surface area contributed by atoms with Crippen molar-refractivity contribution >= 4 is 33.3 Å². The Morgan fingerprint density at radius 1 is 1.12 bits per heavy atom. The van der Waals surface area contributed by atoms with Gasteiger partial charge in [0.05, 0.1) is 4.90 Å². The van der Waals surface area contributed by atoms with E-state index in [0.29, 0.717) is 30.8 Å². The van der Waals surface area contributed by atoms with Crippen LogP contribution in [-0.2, 0) is 19.4 Å². The molecule has 6 nitrogen and oxygen atoms in total. The van der Waals surface area contributed by atoms with Crippen LogP contribution in [0.4, 0.5) is 0 Å². The van der Waals surface area contributed by atoms with Crippen molar-refractivity contribution < 1.29 is 18.0 Å². The minimum Gasteiger partial charge on any atom is -0.354 e. The Labute approximate surface area is 158 Å². The molecule has 8 heteroatoms. The molecule has 1 atom stereocenters. The molecule has 0 spiro atoms. The van der Waals surface area contributed by atoms with Gasteiger partial charge in [0.1, 0.15) is 6.04 Å². The summed E-state index contributed by atoms with van der Waals surface area (Å²) in [6.07, 6.45) is 4.03. The zero-order valence-corrected chi connectivity index (χ0v) is 16.0. The number of carbonyl (C=O) groups excluding carboxylic acids is 2. The number of benzene rings is 1. The van der Waals surface area contributed by atoms with E-state index in [-0.39, 0.29) is 23.6 Å². The molecule has 0 aromatic heterocycles. The Kier molecular flexibility index (Phi) is 5.58. The predicted octanol–water partition coefficient (Wildman–Crippen LogP) is 2.21. The van der Waals surface area contributed by atoms with Crippen LogP contribution in [0.5, 0.6) is 0 Å². The highest BCUT2D eigenvalue weighted by Gasteiger charge is 2.53. The average Bonchev–Trinajstić information content (AvgIpc) is 3.04. The molecule has 1 aromatic carbocycles. The minimum absolute atomic E-state index is 0.0873. The molecule has 1 aliphatic heterocycles. The van der Waals surface area contributed by atoms with Crippen molar-refractivity contribution in [2.75, 3.05) is 6.54 Å². The van der Waals surface area contributed by atoms with Gasteiger partial charge < -0.3 is 10.6 Å². The van der Waals surface area contributed by atoms with E-state index in [0.717, 1.165) is 12.8 Å². The number of hydrogen-bond donors (Lipinski definition) is 2. The fraction of sp³-hybridized carbons (Fsp3) is 0.556. The van der Waals surface area contributed by atoms with Gasteiger partial charge in [0.2, 0.25) is 11.8 Å². The van der Waals surface area contributed by atoms with Crippen LogP contribution in [-0.4, -0.2) is 37.6 Å². The van der Waals surface area contributed by atoms with E-state index in [4.69, 9.17) is 11.6 Å². The molecule has 1 saturated heterocycles. The molecule has 1 aromatic rings. The largest absolute Gasteiger partial charge is 0.354 e. The van der Waals surface area contributed by atoms with Crippen LogP contribution in [0, 0.1) is 0 Å². The third kappa shape index (κ3) is 3.47. The third-order valence-electron chi connectivity index (χ3n) is 5.30. The molecule has 3 rings (SSSR count). The molecular weight excluding hydrogens is 376 g/mol. The maximum atomic E-state index is 13.3. The predicted molar refractivity (Wildman–Crippen MR) is 98.6 cm³/mol. The van der Waals surface area contributed by atoms with Gasteiger partial charge in [0, 0.05) is 11.6 Å². The first-order valence-electron chi connectivity index (χ1n) is 8.96. The summed E-state index contributed by atoms with van der Waals surface area (Å²) in [4.78, 5) is 25.3. The second kappa shape index (κ2) is 7.56. The lowest BCUT2D eigenvalue weighted by molar-refractivity contribution is -0.130. The number of sulfone groups is 1. The highest BCUT2D eigenvalue weighted by atomic mass is 35.5. The van der Waals surface area contributed by atoms with Gasteiger partial charge in [-0.15, -0.1) is 0 Å². The average molecular weight is 399 g/mol. The molecule has 2 N–H and O–H groups in total. The van der Waals surface area contributed by atoms with Crippen LogP contribution in [0.2, 0.25) is 5.02 Å². The van der Waals surface area contributed by atoms with Crippen LogP contribution >= 0.6 is 11.6 Å². The first-order valence-corrected chi connectivity index (χ1v) is 10.8. The van der Waals surface area contributed by atoms with E-state index in [1.807, 2.05) is 0 Å². The lowest BCUT2D eigenvalue weighted by Gasteiger charge is -2.29. The van der Waals surface area contributed by atoms with E-state index < -0.39 is 26.5 Å². The number of amides is 2. The first-order chi connectivity index (χ1) is 12.4. The summed E-state index contributed by atoms with van der Waals surface area (Å²) in [5, 5.41) is 5.92. The Balaban J connectivity index is 1.90. The van der Waals surface area contributed by atoms with E-state index in [9.17, 15) is 18.0 Å². The van der Waals surface area contributed by atoms with Crippen LogP contribution in [0.1, 0.15) is 44.9 Å². The van der Waals surface area contributed by atoms with Gasteiger partial charge >= 0.3 is 0 Å². The fourth-order valence-corrected chi connectivity index (χ4v) is 5.97. The zero-order valence-electron chi connectivity index (χ0n) is 14.5. The Morgan fingerprint density at radius 2 is 1.77 bits per heavy atom. The Bertz CT molecular complexity index is 786. The molecule has 2 fully saturated rings. The molecule has 1 aliphatic carbocycles. The van der Waals surface area contributed by atoms with E-state index in [1.54, 1.807) is 0 Å². The summed E-state index contributed by atoms with van der Waals surface area (Å²) in [5.41, 5.74) is 0. The second-order valence-electron chi connectivity index (χ2n) is 6.97. The van der Waals surface area contributed by atoms with Gasteiger partial charge in [-0.1, -0.05) is 24.4 Å². The van der Waals surface area contributed by atoms with Crippen molar-refractivity contribution in [1.82, 2.24) is 10.6 Å². The summed E-state index contributed by atoms with van der Waals surface area (Å²) in [7, 11) is -3.90. The van der Waals surface area contributed by atoms with Crippen molar-refractivity contribution in [2.24, 2.45) is 0 Å². The van der Waals surface area contributed by atoms with Crippen molar-refractivity contribution in [1.29, 1.82) is 0 Å². The summed E-state index contributed by atoms with van der Waals surface area (Å²) >= 11 is 5.86. The topological polar surface area (TPSA) is 92.3 Å². The van der Waals surface area contributed by atoms with Crippen LogP contribution in [0.25, 0.3) is 0 Å². The third-order valence-corrected chi connectivity index (χ3v) is 8.07. The van der Waals surface area contributed by atoms with Crippen molar-refractivity contribution in [2.45, 2.75) is 60.6 Å². The fourth-order valence-electron chi connectivity index (χ4n) is 3.77. The normalized spacial score (nSPS) is 23.1. The highest BCUT2D eigenvalue weighted by molar-refractivity contribution is 7.93. The van der Waals surface area contributed by atoms with Crippen LogP contribution in [0.15, 0.2) is 29.2 Å². The zero-order chi connectivity index (χ0) is 18.8. The number of nitrogens with one attached hydrogen (secondary N) is 2. The molecule has 2 amide bonds. The van der Waals surface area contributed by atoms with E-state index in [1.165, 1.54) is 24.3 Å². The summed E-state index contributed by atoms with van der Waals surface area (Å²) in [6.45, 7) is 0.583. The monoisotopic (exact) mass is 398 g/mol. The summed E-state index contributed by atoms with van der Waals surface area (Å²) < 4.78 is 25.1. The van der Waals surface area contributed by atoms with Gasteiger partial charge in [0.15, 0.2) is 14.6 Å². The number of halogens is 1. The van der Waals surface area contributed by atoms with Gasteiger partial charge in [-0.05, 0) is 56.4 Å². The summed E-state index contributed by atoms with van der Waals surface area (Å²) in [5.74, 6) is -0.806. The smallest absolute Gasteiger partial charge is 0.242 e. The maximum absolute atomic E-state index is 13.3. The lowest BCUT2D eigenvalue weighted by Crippen LogP contribution is -2.56. The highest BCUT2D eigenvalue weighted by Crippen LogP contribution is 2.41. The minimum atomic E-state index is -3.90. The quantitative estimate of drug-likeness (QED) is 0.813. The van der Waals surface area contributed by atoms with Crippen molar-refractivity contribution in [3.63, 3.8) is 0 Å². The molecule has 2 aliphatic rings. The van der Waals surface area contributed by atoms with Gasteiger partial charge in [-0.2, -0.15) is 0 Å². The molecule has 1 saturated carbocycles. The molecular formula is C18H23ClN2O4S.